The zero-order valence-electron chi connectivity index (χ0n) is 17.3. The van der Waals surface area contributed by atoms with Crippen LogP contribution in [0.2, 0.25) is 0 Å². The molecule has 0 bridgehead atoms. The van der Waals surface area contributed by atoms with Gasteiger partial charge in [0.25, 0.3) is 0 Å². The first-order valence-corrected chi connectivity index (χ1v) is 10.2. The molecule has 4 heteroatoms. The largest absolute Gasteiger partial charge is 0.300 e. The molecule has 2 aromatic carbocycles. The Morgan fingerprint density at radius 1 is 0.586 bits per heavy atom. The lowest BCUT2D eigenvalue weighted by molar-refractivity contribution is 0.267. The van der Waals surface area contributed by atoms with E-state index >= 15 is 0 Å². The van der Waals surface area contributed by atoms with E-state index in [1.807, 2.05) is 12.1 Å². The van der Waals surface area contributed by atoms with Gasteiger partial charge in [0.05, 0.1) is 22.4 Å². The fourth-order valence-electron chi connectivity index (χ4n) is 3.71. The van der Waals surface area contributed by atoms with Crippen LogP contribution >= 0.6 is 0 Å². The first-order chi connectivity index (χ1) is 14.2. The maximum atomic E-state index is 4.78. The maximum absolute atomic E-state index is 4.78. The molecule has 0 aliphatic heterocycles. The lowest BCUT2D eigenvalue weighted by Gasteiger charge is -2.20. The van der Waals surface area contributed by atoms with Crippen LogP contribution in [0.3, 0.4) is 0 Å². The molecule has 148 valence electrons. The first-order valence-electron chi connectivity index (χ1n) is 10.2. The van der Waals surface area contributed by atoms with Gasteiger partial charge in [-0.15, -0.1) is 0 Å². The highest BCUT2D eigenvalue weighted by molar-refractivity contribution is 5.79. The van der Waals surface area contributed by atoms with Gasteiger partial charge < -0.3 is 9.80 Å². The van der Waals surface area contributed by atoms with Crippen molar-refractivity contribution in [2.45, 2.75) is 19.5 Å². The summed E-state index contributed by atoms with van der Waals surface area (Å²) in [5, 5.41) is 2.39. The van der Waals surface area contributed by atoms with Crippen LogP contribution < -0.4 is 0 Å². The molecule has 0 N–H and O–H groups in total. The van der Waals surface area contributed by atoms with E-state index in [4.69, 9.17) is 9.97 Å². The summed E-state index contributed by atoms with van der Waals surface area (Å²) in [5.41, 5.74) is 4.39. The number of para-hydroxylation sites is 2. The SMILES string of the molecule is CN(CCCN(C)Cc1ccc2ccccc2n1)Cc1ccc2ccccc2n1. The lowest BCUT2D eigenvalue weighted by Crippen LogP contribution is -2.25. The van der Waals surface area contributed by atoms with Gasteiger partial charge in [-0.05, 0) is 57.9 Å². The quantitative estimate of drug-likeness (QED) is 0.439. The van der Waals surface area contributed by atoms with Gasteiger partial charge in [-0.2, -0.15) is 0 Å². The maximum Gasteiger partial charge on any atom is 0.0705 e. The third kappa shape index (κ3) is 5.17. The molecule has 0 saturated carbocycles. The van der Waals surface area contributed by atoms with Crippen molar-refractivity contribution in [1.29, 1.82) is 0 Å². The molecule has 0 amide bonds. The molecule has 0 aliphatic carbocycles. The van der Waals surface area contributed by atoms with E-state index < -0.39 is 0 Å². The molecule has 0 fully saturated rings. The van der Waals surface area contributed by atoms with Gasteiger partial charge in [0.1, 0.15) is 0 Å². The summed E-state index contributed by atoms with van der Waals surface area (Å²) >= 11 is 0. The average Bonchev–Trinajstić information content (AvgIpc) is 2.73. The van der Waals surface area contributed by atoms with Crippen LogP contribution in [-0.4, -0.2) is 47.0 Å². The van der Waals surface area contributed by atoms with Crippen LogP contribution in [0.25, 0.3) is 21.8 Å². The smallest absolute Gasteiger partial charge is 0.0705 e. The summed E-state index contributed by atoms with van der Waals surface area (Å²) in [7, 11) is 4.34. The third-order valence-electron chi connectivity index (χ3n) is 5.26. The highest BCUT2D eigenvalue weighted by Crippen LogP contribution is 2.14. The Morgan fingerprint density at radius 2 is 1.03 bits per heavy atom. The van der Waals surface area contributed by atoms with Crippen molar-refractivity contribution in [3.05, 3.63) is 84.2 Å². The molecule has 0 aliphatic rings. The van der Waals surface area contributed by atoms with E-state index in [1.54, 1.807) is 0 Å². The highest BCUT2D eigenvalue weighted by Gasteiger charge is 2.06. The van der Waals surface area contributed by atoms with Crippen molar-refractivity contribution in [3.63, 3.8) is 0 Å². The fourth-order valence-corrected chi connectivity index (χ4v) is 3.71. The summed E-state index contributed by atoms with van der Waals surface area (Å²) in [4.78, 5) is 14.3. The van der Waals surface area contributed by atoms with E-state index in [9.17, 15) is 0 Å². The number of hydrogen-bond donors (Lipinski definition) is 0. The second-order valence-corrected chi connectivity index (χ2v) is 7.82. The van der Waals surface area contributed by atoms with Gasteiger partial charge in [0.2, 0.25) is 0 Å². The second-order valence-electron chi connectivity index (χ2n) is 7.82. The van der Waals surface area contributed by atoms with E-state index in [0.717, 1.165) is 55.0 Å². The van der Waals surface area contributed by atoms with Crippen LogP contribution in [-0.2, 0) is 13.1 Å². The molecule has 4 nitrogen and oxygen atoms in total. The number of nitrogens with zero attached hydrogens (tertiary/aromatic N) is 4. The molecule has 0 unspecified atom stereocenters. The Hall–Kier alpha value is -2.82. The van der Waals surface area contributed by atoms with Gasteiger partial charge in [0, 0.05) is 23.9 Å². The normalized spacial score (nSPS) is 11.7. The number of benzene rings is 2. The van der Waals surface area contributed by atoms with Crippen molar-refractivity contribution in [3.8, 4) is 0 Å². The van der Waals surface area contributed by atoms with Crippen molar-refractivity contribution < 1.29 is 0 Å². The molecular formula is C25H28N4. The summed E-state index contributed by atoms with van der Waals surface area (Å²) in [5.74, 6) is 0. The summed E-state index contributed by atoms with van der Waals surface area (Å²) < 4.78 is 0. The summed E-state index contributed by atoms with van der Waals surface area (Å²) in [6.07, 6.45) is 1.12. The monoisotopic (exact) mass is 384 g/mol. The Kier molecular flexibility index (Phi) is 6.13. The van der Waals surface area contributed by atoms with Crippen molar-refractivity contribution in [1.82, 2.24) is 19.8 Å². The van der Waals surface area contributed by atoms with Gasteiger partial charge in [0.15, 0.2) is 0 Å². The van der Waals surface area contributed by atoms with E-state index in [1.165, 1.54) is 10.8 Å². The molecule has 2 aromatic heterocycles. The Bertz CT molecular complexity index is 1000. The van der Waals surface area contributed by atoms with Crippen LogP contribution in [0.15, 0.2) is 72.8 Å². The zero-order chi connectivity index (χ0) is 20.1. The first kappa shape index (κ1) is 19.5. The summed E-state index contributed by atoms with van der Waals surface area (Å²) in [6, 6.07) is 25.2. The van der Waals surface area contributed by atoms with Gasteiger partial charge in [-0.1, -0.05) is 48.5 Å². The number of pyridine rings is 2. The van der Waals surface area contributed by atoms with Gasteiger partial charge >= 0.3 is 0 Å². The van der Waals surface area contributed by atoms with Crippen LogP contribution in [0.5, 0.6) is 0 Å². The predicted octanol–water partition coefficient (Wildman–Crippen LogP) is 4.74. The van der Waals surface area contributed by atoms with Gasteiger partial charge in [-0.25, -0.2) is 0 Å². The minimum atomic E-state index is 0.876. The standard InChI is InChI=1S/C25H28N4/c1-28(18-22-14-12-20-8-3-5-10-24(20)26-22)16-7-17-29(2)19-23-15-13-21-9-4-6-11-25(21)27-23/h3-6,8-15H,7,16-19H2,1-2H3. The number of hydrogen-bond acceptors (Lipinski definition) is 4. The van der Waals surface area contributed by atoms with E-state index in [-0.39, 0.29) is 0 Å². The highest BCUT2D eigenvalue weighted by atomic mass is 15.1. The Morgan fingerprint density at radius 3 is 1.52 bits per heavy atom. The number of aromatic nitrogens is 2. The summed E-state index contributed by atoms with van der Waals surface area (Å²) in [6.45, 7) is 3.84. The average molecular weight is 385 g/mol. The fraction of sp³-hybridized carbons (Fsp3) is 0.280. The molecule has 4 rings (SSSR count). The molecule has 29 heavy (non-hydrogen) atoms. The van der Waals surface area contributed by atoms with Crippen molar-refractivity contribution in [2.75, 3.05) is 27.2 Å². The van der Waals surface area contributed by atoms with Crippen molar-refractivity contribution >= 4 is 21.8 Å². The molecule has 2 heterocycles. The second kappa shape index (κ2) is 9.12. The van der Waals surface area contributed by atoms with Crippen molar-refractivity contribution in [2.24, 2.45) is 0 Å². The van der Waals surface area contributed by atoms with E-state index in [0.29, 0.717) is 0 Å². The molecule has 4 aromatic rings. The van der Waals surface area contributed by atoms with E-state index in [2.05, 4.69) is 84.6 Å². The number of fused-ring (bicyclic) bond motifs is 2. The van der Waals surface area contributed by atoms with Crippen LogP contribution in [0.1, 0.15) is 17.8 Å². The van der Waals surface area contributed by atoms with Gasteiger partial charge in [-0.3, -0.25) is 9.97 Å². The molecule has 0 spiro atoms. The third-order valence-corrected chi connectivity index (χ3v) is 5.26. The topological polar surface area (TPSA) is 32.3 Å². The molecule has 0 radical (unpaired) electrons. The zero-order valence-corrected chi connectivity index (χ0v) is 17.3. The molecular weight excluding hydrogens is 356 g/mol. The Labute approximate surface area is 172 Å². The van der Waals surface area contributed by atoms with Crippen LogP contribution in [0.4, 0.5) is 0 Å². The predicted molar refractivity (Wildman–Crippen MR) is 121 cm³/mol. The lowest BCUT2D eigenvalue weighted by atomic mass is 10.2. The Balaban J connectivity index is 1.25. The molecule has 0 saturated heterocycles. The minimum Gasteiger partial charge on any atom is -0.300 e. The minimum absolute atomic E-state index is 0.876. The van der Waals surface area contributed by atoms with Crippen LogP contribution in [0, 0.1) is 0 Å². The molecule has 0 atom stereocenters. The number of rotatable bonds is 8.